The van der Waals surface area contributed by atoms with Crippen LogP contribution in [0.1, 0.15) is 11.8 Å². The average molecular weight is 693 g/mol. The van der Waals surface area contributed by atoms with Crippen molar-refractivity contribution in [1.82, 2.24) is 24.4 Å². The normalized spacial score (nSPS) is 23.4. The van der Waals surface area contributed by atoms with E-state index in [9.17, 15) is 33.0 Å². The highest BCUT2D eigenvalue weighted by Gasteiger charge is 2.53. The van der Waals surface area contributed by atoms with Gasteiger partial charge in [0.1, 0.15) is 30.1 Å². The molecule has 1 aromatic carbocycles. The largest absolute Gasteiger partial charge is 0.573 e. The van der Waals surface area contributed by atoms with Gasteiger partial charge in [0.2, 0.25) is 5.28 Å². The number of halogens is 5. The van der Waals surface area contributed by atoms with E-state index in [0.717, 1.165) is 29.1 Å². The molecule has 0 radical (unpaired) electrons. The molecule has 4 N–H and O–H groups in total. The van der Waals surface area contributed by atoms with Crippen molar-refractivity contribution < 1.29 is 61.0 Å². The van der Waals surface area contributed by atoms with Crippen LogP contribution in [0.15, 0.2) is 30.6 Å². The van der Waals surface area contributed by atoms with E-state index in [-0.39, 0.29) is 41.0 Å². The Bertz CT molecular complexity index is 1590. The molecular weight excluding hydrogens is 664 g/mol. The Labute approximate surface area is 268 Å². The molecule has 0 amide bonds. The van der Waals surface area contributed by atoms with Gasteiger partial charge in [0.05, 0.1) is 26.1 Å². The molecule has 3 aromatic rings. The molecule has 2 aliphatic rings. The maximum Gasteiger partial charge on any atom is 0.573 e. The molecule has 4 heterocycles. The van der Waals surface area contributed by atoms with E-state index >= 15 is 4.39 Å². The number of aliphatic carboxylic acids is 1. The number of nitrogen functional groups attached to an aromatic ring is 1. The van der Waals surface area contributed by atoms with Crippen LogP contribution in [0.3, 0.4) is 0 Å². The van der Waals surface area contributed by atoms with Crippen molar-refractivity contribution in [2.24, 2.45) is 0 Å². The number of carbonyl (C=O) groups excluding carboxylic acids is 1. The molecule has 47 heavy (non-hydrogen) atoms. The summed E-state index contributed by atoms with van der Waals surface area (Å²) in [4.78, 5) is 39.9. The molecule has 1 unspecified atom stereocenters. The molecular formula is C27H29ClF4N6O9. The van der Waals surface area contributed by atoms with Crippen LogP contribution in [-0.4, -0.2) is 123 Å². The summed E-state index contributed by atoms with van der Waals surface area (Å²) in [6.07, 6.45) is -11.9. The topological polar surface area (TPSA) is 194 Å². The zero-order valence-corrected chi connectivity index (χ0v) is 25.1. The minimum absolute atomic E-state index is 0.0198. The van der Waals surface area contributed by atoms with Gasteiger partial charge < -0.3 is 39.6 Å². The highest BCUT2D eigenvalue weighted by molar-refractivity contribution is 6.28. The average Bonchev–Trinajstić information content (AvgIpc) is 3.55. The number of aliphatic hydroxyl groups is 1. The van der Waals surface area contributed by atoms with Gasteiger partial charge in [0.25, 0.3) is 5.60 Å². The molecule has 2 fully saturated rings. The number of aliphatic hydroxyl groups excluding tert-OH is 1. The summed E-state index contributed by atoms with van der Waals surface area (Å²) in [5, 5.41) is 20.8. The first-order valence-corrected chi connectivity index (χ1v) is 14.5. The summed E-state index contributed by atoms with van der Waals surface area (Å²) in [5.74, 6) is -4.02. The zero-order chi connectivity index (χ0) is 33.9. The molecule has 0 spiro atoms. The van der Waals surface area contributed by atoms with Gasteiger partial charge in [0.15, 0.2) is 23.9 Å². The number of hydrogen-bond donors (Lipinski definition) is 3. The monoisotopic (exact) mass is 692 g/mol. The Hall–Kier alpha value is -3.88. The molecule has 0 saturated carbocycles. The maximum atomic E-state index is 15.4. The van der Waals surface area contributed by atoms with E-state index in [1.54, 1.807) is 0 Å². The number of carboxylic acids is 1. The van der Waals surface area contributed by atoms with Gasteiger partial charge in [-0.05, 0) is 29.3 Å². The minimum Gasteiger partial charge on any atom is -0.479 e. The van der Waals surface area contributed by atoms with Crippen LogP contribution in [0.2, 0.25) is 5.28 Å². The number of rotatable bonds is 12. The number of carboxylic acid groups (broad SMARTS) is 1. The third-order valence-electron chi connectivity index (χ3n) is 7.49. The van der Waals surface area contributed by atoms with Gasteiger partial charge in [-0.1, -0.05) is 12.1 Å². The Morgan fingerprint density at radius 1 is 1.19 bits per heavy atom. The van der Waals surface area contributed by atoms with Crippen molar-refractivity contribution >= 4 is 40.5 Å². The van der Waals surface area contributed by atoms with Crippen molar-refractivity contribution in [3.8, 4) is 5.75 Å². The fourth-order valence-electron chi connectivity index (χ4n) is 5.14. The standard InChI is InChI=1S/C27H29ClF4N6O9/c28-25-35-20(33)18-21(36-25)38(13-34-18)22-17(29)19(39)16(46-22)12-45-26(23(40)41,24(42)44-9-6-37-4-7-43-8-5-37)11-14-2-1-3-15(10-14)47-27(30,31)32/h1-3,10,13,16-17,19,22,39H,4-9,11-12H2,(H,40,41)(H2,33,35,36)/t16-,17+,19-,22-,26?/m1/s1. The van der Waals surface area contributed by atoms with E-state index in [2.05, 4.69) is 19.7 Å². The van der Waals surface area contributed by atoms with E-state index in [1.807, 2.05) is 4.90 Å². The number of morpholine rings is 1. The minimum atomic E-state index is -5.05. The Balaban J connectivity index is 1.38. The summed E-state index contributed by atoms with van der Waals surface area (Å²) in [5.41, 5.74) is 2.88. The van der Waals surface area contributed by atoms with Gasteiger partial charge in [-0.2, -0.15) is 9.97 Å². The van der Waals surface area contributed by atoms with E-state index < -0.39 is 67.3 Å². The highest BCUT2D eigenvalue weighted by atomic mass is 35.5. The maximum absolute atomic E-state index is 15.4. The predicted octanol–water partition coefficient (Wildman–Crippen LogP) is 1.51. The first kappa shape index (κ1) is 34.5. The lowest BCUT2D eigenvalue weighted by molar-refractivity contribution is -0.274. The lowest BCUT2D eigenvalue weighted by Crippen LogP contribution is -2.54. The lowest BCUT2D eigenvalue weighted by atomic mass is 9.93. The summed E-state index contributed by atoms with van der Waals surface area (Å²) in [6, 6.07) is 4.28. The summed E-state index contributed by atoms with van der Waals surface area (Å²) >= 11 is 5.88. The molecule has 0 aliphatic carbocycles. The molecule has 2 aromatic heterocycles. The van der Waals surface area contributed by atoms with Gasteiger partial charge in [-0.25, -0.2) is 19.0 Å². The number of anilines is 1. The second kappa shape index (κ2) is 14.1. The molecule has 2 aliphatic heterocycles. The van der Waals surface area contributed by atoms with Crippen LogP contribution < -0.4 is 10.5 Å². The molecule has 2 saturated heterocycles. The SMILES string of the molecule is Nc1nc(Cl)nc2c1ncn2[C@@H]1O[C@H](COC(Cc2cccc(OC(F)(F)F)c2)(C(=O)O)C(=O)OCCN2CCOCC2)[C@@H](O)[C@@H]1F. The number of esters is 1. The number of alkyl halides is 4. The van der Waals surface area contributed by atoms with Crippen LogP contribution in [0.5, 0.6) is 5.75 Å². The summed E-state index contributed by atoms with van der Waals surface area (Å²) < 4.78 is 80.9. The number of aromatic nitrogens is 4. The molecule has 0 bridgehead atoms. The Morgan fingerprint density at radius 3 is 2.64 bits per heavy atom. The summed E-state index contributed by atoms with van der Waals surface area (Å²) in [7, 11) is 0. The van der Waals surface area contributed by atoms with Crippen LogP contribution >= 0.6 is 11.6 Å². The first-order chi connectivity index (χ1) is 22.3. The zero-order valence-electron chi connectivity index (χ0n) is 24.3. The van der Waals surface area contributed by atoms with E-state index in [0.29, 0.717) is 26.3 Å². The van der Waals surface area contributed by atoms with Gasteiger partial charge in [0, 0.05) is 26.1 Å². The van der Waals surface area contributed by atoms with Crippen molar-refractivity contribution in [2.75, 3.05) is 51.8 Å². The number of benzene rings is 1. The number of imidazole rings is 1. The number of nitrogens with zero attached hydrogens (tertiary/aromatic N) is 5. The number of nitrogens with two attached hydrogens (primary N) is 1. The molecule has 15 nitrogen and oxygen atoms in total. The second-order valence-corrected chi connectivity index (χ2v) is 10.9. The predicted molar refractivity (Wildman–Crippen MR) is 151 cm³/mol. The van der Waals surface area contributed by atoms with Gasteiger partial charge in [-0.3, -0.25) is 9.47 Å². The molecule has 5 atom stereocenters. The molecule has 20 heteroatoms. The van der Waals surface area contributed by atoms with Gasteiger partial charge in [-0.15, -0.1) is 13.2 Å². The number of ether oxygens (including phenoxy) is 5. The van der Waals surface area contributed by atoms with Crippen molar-refractivity contribution in [2.45, 2.75) is 43.0 Å². The van der Waals surface area contributed by atoms with Crippen LogP contribution in [-0.2, 0) is 35.0 Å². The van der Waals surface area contributed by atoms with Crippen molar-refractivity contribution in [3.63, 3.8) is 0 Å². The lowest BCUT2D eigenvalue weighted by Gasteiger charge is -2.30. The van der Waals surface area contributed by atoms with Crippen LogP contribution in [0.25, 0.3) is 11.2 Å². The second-order valence-electron chi connectivity index (χ2n) is 10.6. The fourth-order valence-corrected chi connectivity index (χ4v) is 5.31. The first-order valence-electron chi connectivity index (χ1n) is 14.1. The third kappa shape index (κ3) is 7.82. The van der Waals surface area contributed by atoms with E-state index in [4.69, 9.17) is 36.3 Å². The summed E-state index contributed by atoms with van der Waals surface area (Å²) in [6.45, 7) is 1.10. The van der Waals surface area contributed by atoms with Crippen LogP contribution in [0.4, 0.5) is 23.4 Å². The van der Waals surface area contributed by atoms with Crippen molar-refractivity contribution in [1.29, 1.82) is 0 Å². The van der Waals surface area contributed by atoms with Gasteiger partial charge >= 0.3 is 18.3 Å². The Morgan fingerprint density at radius 2 is 1.94 bits per heavy atom. The molecule has 5 rings (SSSR count). The van der Waals surface area contributed by atoms with Crippen molar-refractivity contribution in [3.05, 3.63) is 41.4 Å². The fraction of sp³-hybridized carbons (Fsp3) is 0.519. The smallest absolute Gasteiger partial charge is 0.479 e. The number of hydrogen-bond acceptors (Lipinski definition) is 13. The number of carbonyl (C=O) groups is 2. The Kier molecular flexibility index (Phi) is 10.3. The molecule has 256 valence electrons. The van der Waals surface area contributed by atoms with Crippen LogP contribution in [0, 0.1) is 0 Å². The number of fused-ring (bicyclic) bond motifs is 1. The quantitative estimate of drug-likeness (QED) is 0.107. The highest BCUT2D eigenvalue weighted by Crippen LogP contribution is 2.36. The third-order valence-corrected chi connectivity index (χ3v) is 7.66. The van der Waals surface area contributed by atoms with E-state index in [1.165, 1.54) is 6.07 Å².